The zero-order chi connectivity index (χ0) is 9.72. The summed E-state index contributed by atoms with van der Waals surface area (Å²) in [6.45, 7) is 3.39. The number of carbonyl (C=O) groups is 2. The molecule has 0 aromatic rings. The molecule has 0 aromatic heterocycles. The SMILES string of the molecule is C=C(Cl)C[C@@H](CC(N)=O)C(N)=O. The molecule has 0 heterocycles. The number of hydrogen-bond donors (Lipinski definition) is 2. The van der Waals surface area contributed by atoms with Gasteiger partial charge < -0.3 is 11.5 Å². The van der Waals surface area contributed by atoms with E-state index >= 15 is 0 Å². The molecule has 0 aliphatic heterocycles. The van der Waals surface area contributed by atoms with E-state index in [-0.39, 0.29) is 12.8 Å². The molecule has 0 bridgehead atoms. The Balaban J connectivity index is 4.14. The summed E-state index contributed by atoms with van der Waals surface area (Å²) < 4.78 is 0. The summed E-state index contributed by atoms with van der Waals surface area (Å²) in [6.07, 6.45) is 0.112. The monoisotopic (exact) mass is 190 g/mol. The molecule has 0 aliphatic rings. The smallest absolute Gasteiger partial charge is 0.221 e. The fourth-order valence-electron chi connectivity index (χ4n) is 0.784. The Labute approximate surface area is 75.5 Å². The van der Waals surface area contributed by atoms with E-state index in [1.807, 2.05) is 0 Å². The summed E-state index contributed by atoms with van der Waals surface area (Å²) in [5.41, 5.74) is 9.87. The molecule has 0 aliphatic carbocycles. The zero-order valence-corrected chi connectivity index (χ0v) is 7.30. The second-order valence-electron chi connectivity index (χ2n) is 2.49. The summed E-state index contributed by atoms with van der Waals surface area (Å²) in [4.78, 5) is 21.1. The lowest BCUT2D eigenvalue weighted by atomic mass is 10.0. The zero-order valence-electron chi connectivity index (χ0n) is 6.55. The van der Waals surface area contributed by atoms with Crippen LogP contribution in [0.3, 0.4) is 0 Å². The third kappa shape index (κ3) is 4.73. The number of amides is 2. The number of nitrogens with two attached hydrogens (primary N) is 2. The van der Waals surface area contributed by atoms with Gasteiger partial charge in [0.1, 0.15) is 0 Å². The first-order valence-corrected chi connectivity index (χ1v) is 3.72. The van der Waals surface area contributed by atoms with Gasteiger partial charge in [-0.1, -0.05) is 18.2 Å². The number of rotatable bonds is 5. The minimum atomic E-state index is -0.632. The highest BCUT2D eigenvalue weighted by Gasteiger charge is 2.18. The first kappa shape index (κ1) is 11.0. The van der Waals surface area contributed by atoms with Crippen molar-refractivity contribution in [1.29, 1.82) is 0 Å². The Bertz CT molecular complexity index is 199. The fraction of sp³-hybridized carbons (Fsp3) is 0.429. The van der Waals surface area contributed by atoms with Crippen molar-refractivity contribution in [3.05, 3.63) is 11.6 Å². The Morgan fingerprint density at radius 2 is 1.83 bits per heavy atom. The van der Waals surface area contributed by atoms with Crippen molar-refractivity contribution in [2.24, 2.45) is 17.4 Å². The summed E-state index contributed by atoms with van der Waals surface area (Å²) in [5.74, 6) is -1.79. The third-order valence-electron chi connectivity index (χ3n) is 1.32. The van der Waals surface area contributed by atoms with Crippen molar-refractivity contribution in [2.45, 2.75) is 12.8 Å². The van der Waals surface area contributed by atoms with E-state index in [2.05, 4.69) is 6.58 Å². The maximum atomic E-state index is 10.7. The second-order valence-corrected chi connectivity index (χ2v) is 3.03. The Morgan fingerprint density at radius 1 is 1.33 bits per heavy atom. The number of carbonyl (C=O) groups excluding carboxylic acids is 2. The van der Waals surface area contributed by atoms with E-state index in [0.717, 1.165) is 0 Å². The first-order chi connectivity index (χ1) is 5.43. The summed E-state index contributed by atoms with van der Waals surface area (Å²) >= 11 is 5.45. The lowest BCUT2D eigenvalue weighted by molar-refractivity contribution is -0.126. The lowest BCUT2D eigenvalue weighted by Gasteiger charge is -2.08. The molecule has 68 valence electrons. The van der Waals surface area contributed by atoms with Crippen LogP contribution in [0.2, 0.25) is 0 Å². The quantitative estimate of drug-likeness (QED) is 0.645. The minimum Gasteiger partial charge on any atom is -0.370 e. The number of allylic oxidation sites excluding steroid dienone is 1. The summed E-state index contributed by atoms with van der Waals surface area (Å²) in [5, 5.41) is 0.292. The molecule has 0 fully saturated rings. The van der Waals surface area contributed by atoms with E-state index < -0.39 is 17.7 Å². The molecule has 0 rings (SSSR count). The Morgan fingerprint density at radius 3 is 2.08 bits per heavy atom. The van der Waals surface area contributed by atoms with Crippen LogP contribution in [0.15, 0.2) is 11.6 Å². The van der Waals surface area contributed by atoms with E-state index in [9.17, 15) is 9.59 Å². The molecule has 0 unspecified atom stereocenters. The standard InChI is InChI=1S/C7H11ClN2O2/c1-4(8)2-5(7(10)12)3-6(9)11/h5H,1-3H2,(H2,9,11)(H2,10,12)/t5-/m0/s1. The third-order valence-corrected chi connectivity index (χ3v) is 1.47. The Hall–Kier alpha value is -1.03. The second kappa shape index (κ2) is 4.77. The lowest BCUT2D eigenvalue weighted by Crippen LogP contribution is -2.28. The maximum Gasteiger partial charge on any atom is 0.221 e. The highest BCUT2D eigenvalue weighted by atomic mass is 35.5. The molecule has 12 heavy (non-hydrogen) atoms. The molecular weight excluding hydrogens is 180 g/mol. The van der Waals surface area contributed by atoms with Gasteiger partial charge in [-0.25, -0.2) is 0 Å². The van der Waals surface area contributed by atoms with Gasteiger partial charge >= 0.3 is 0 Å². The van der Waals surface area contributed by atoms with Gasteiger partial charge in [0.2, 0.25) is 11.8 Å². The highest BCUT2D eigenvalue weighted by Crippen LogP contribution is 2.15. The van der Waals surface area contributed by atoms with Crippen LogP contribution in [-0.2, 0) is 9.59 Å². The van der Waals surface area contributed by atoms with Gasteiger partial charge in [-0.15, -0.1) is 0 Å². The molecule has 2 amide bonds. The summed E-state index contributed by atoms with van der Waals surface area (Å²) in [7, 11) is 0. The van der Waals surface area contributed by atoms with Gasteiger partial charge in [0.25, 0.3) is 0 Å². The molecule has 0 saturated carbocycles. The molecule has 4 N–H and O–H groups in total. The van der Waals surface area contributed by atoms with Crippen molar-refractivity contribution < 1.29 is 9.59 Å². The predicted octanol–water partition coefficient (Wildman–Crippen LogP) is 0.106. The largest absolute Gasteiger partial charge is 0.370 e. The predicted molar refractivity (Wildman–Crippen MR) is 46.1 cm³/mol. The average Bonchev–Trinajstić information content (AvgIpc) is 1.83. The van der Waals surface area contributed by atoms with Crippen molar-refractivity contribution >= 4 is 23.4 Å². The maximum absolute atomic E-state index is 10.7. The van der Waals surface area contributed by atoms with Gasteiger partial charge in [-0.05, 0) is 6.42 Å². The van der Waals surface area contributed by atoms with Crippen molar-refractivity contribution in [3.63, 3.8) is 0 Å². The van der Waals surface area contributed by atoms with Gasteiger partial charge in [0.15, 0.2) is 0 Å². The molecular formula is C7H11ClN2O2. The van der Waals surface area contributed by atoms with Crippen LogP contribution in [0.4, 0.5) is 0 Å². The van der Waals surface area contributed by atoms with Crippen LogP contribution in [0.25, 0.3) is 0 Å². The van der Waals surface area contributed by atoms with Crippen molar-refractivity contribution in [2.75, 3.05) is 0 Å². The van der Waals surface area contributed by atoms with Gasteiger partial charge in [0.05, 0.1) is 5.92 Å². The van der Waals surface area contributed by atoms with Gasteiger partial charge in [-0.2, -0.15) is 0 Å². The number of primary amides is 2. The van der Waals surface area contributed by atoms with Crippen LogP contribution in [-0.4, -0.2) is 11.8 Å². The summed E-state index contributed by atoms with van der Waals surface area (Å²) in [6, 6.07) is 0. The van der Waals surface area contributed by atoms with E-state index in [0.29, 0.717) is 5.03 Å². The normalized spacial score (nSPS) is 12.1. The molecule has 1 atom stereocenters. The van der Waals surface area contributed by atoms with Crippen LogP contribution in [0.1, 0.15) is 12.8 Å². The van der Waals surface area contributed by atoms with Crippen LogP contribution >= 0.6 is 11.6 Å². The fourth-order valence-corrected chi connectivity index (χ4v) is 0.970. The van der Waals surface area contributed by atoms with E-state index in [1.165, 1.54) is 0 Å². The van der Waals surface area contributed by atoms with Gasteiger partial charge in [0, 0.05) is 11.5 Å². The molecule has 0 radical (unpaired) electrons. The van der Waals surface area contributed by atoms with Crippen LogP contribution in [0.5, 0.6) is 0 Å². The number of halogens is 1. The first-order valence-electron chi connectivity index (χ1n) is 3.34. The molecule has 0 saturated heterocycles. The number of hydrogen-bond acceptors (Lipinski definition) is 2. The average molecular weight is 191 g/mol. The van der Waals surface area contributed by atoms with Crippen LogP contribution in [0, 0.1) is 5.92 Å². The molecule has 0 spiro atoms. The Kier molecular flexibility index (Phi) is 4.36. The highest BCUT2D eigenvalue weighted by molar-refractivity contribution is 6.29. The van der Waals surface area contributed by atoms with Crippen molar-refractivity contribution in [3.8, 4) is 0 Å². The molecule has 0 aromatic carbocycles. The van der Waals surface area contributed by atoms with Crippen molar-refractivity contribution in [1.82, 2.24) is 0 Å². The van der Waals surface area contributed by atoms with Crippen LogP contribution < -0.4 is 11.5 Å². The topological polar surface area (TPSA) is 86.2 Å². The molecule has 5 heteroatoms. The van der Waals surface area contributed by atoms with Gasteiger partial charge in [-0.3, -0.25) is 9.59 Å². The van der Waals surface area contributed by atoms with E-state index in [1.54, 1.807) is 0 Å². The molecule has 4 nitrogen and oxygen atoms in total. The van der Waals surface area contributed by atoms with E-state index in [4.69, 9.17) is 23.1 Å². The minimum absolute atomic E-state index is 0.0823.